The van der Waals surface area contributed by atoms with Gasteiger partial charge in [-0.1, -0.05) is 0 Å². The number of carbonyl (C=O) groups excluding carboxylic acids is 2. The molecular weight excluding hydrogens is 320 g/mol. The number of hydrogen-bond donors (Lipinski definition) is 3. The maximum Gasteiger partial charge on any atom is 0.387 e. The van der Waals surface area contributed by atoms with Crippen LogP contribution in [-0.4, -0.2) is 31.6 Å². The van der Waals surface area contributed by atoms with E-state index < -0.39 is 6.61 Å². The van der Waals surface area contributed by atoms with E-state index >= 15 is 0 Å². The van der Waals surface area contributed by atoms with E-state index in [1.807, 2.05) is 0 Å². The van der Waals surface area contributed by atoms with E-state index in [2.05, 4.69) is 20.7 Å². The standard InChI is InChI=1S/C16H21F2N3O3/c1-19-14(22)10-2-4-11(5-3-10)20-16(23)21-12-6-8-13(9-7-12)24-15(17)18/h6-11,15H,2-5H2,1H3,(H,19,22)(H2,20,21,23). The van der Waals surface area contributed by atoms with Crippen LogP contribution >= 0.6 is 0 Å². The number of amides is 3. The first kappa shape index (κ1) is 18.0. The summed E-state index contributed by atoms with van der Waals surface area (Å²) in [6, 6.07) is 5.35. The first-order valence-corrected chi connectivity index (χ1v) is 7.82. The number of benzene rings is 1. The highest BCUT2D eigenvalue weighted by atomic mass is 19.3. The lowest BCUT2D eigenvalue weighted by atomic mass is 9.85. The van der Waals surface area contributed by atoms with Gasteiger partial charge in [-0.2, -0.15) is 8.78 Å². The van der Waals surface area contributed by atoms with Crippen LogP contribution in [0.4, 0.5) is 19.3 Å². The van der Waals surface area contributed by atoms with Crippen LogP contribution in [0.3, 0.4) is 0 Å². The van der Waals surface area contributed by atoms with Crippen LogP contribution in [0.5, 0.6) is 5.75 Å². The van der Waals surface area contributed by atoms with Gasteiger partial charge in [-0.25, -0.2) is 4.79 Å². The van der Waals surface area contributed by atoms with Crippen molar-refractivity contribution < 1.29 is 23.1 Å². The molecule has 6 nitrogen and oxygen atoms in total. The summed E-state index contributed by atoms with van der Waals surface area (Å²) in [5.74, 6) is 0.0889. The van der Waals surface area contributed by atoms with Crippen LogP contribution in [0.1, 0.15) is 25.7 Å². The topological polar surface area (TPSA) is 79.5 Å². The Morgan fingerprint density at radius 1 is 1.12 bits per heavy atom. The summed E-state index contributed by atoms with van der Waals surface area (Å²) < 4.78 is 28.4. The number of ether oxygens (including phenoxy) is 1. The van der Waals surface area contributed by atoms with E-state index in [0.717, 1.165) is 25.7 Å². The minimum absolute atomic E-state index is 0.0125. The van der Waals surface area contributed by atoms with Gasteiger partial charge in [-0.15, -0.1) is 0 Å². The zero-order chi connectivity index (χ0) is 17.5. The smallest absolute Gasteiger partial charge is 0.387 e. The average molecular weight is 341 g/mol. The fourth-order valence-electron chi connectivity index (χ4n) is 2.78. The Bertz CT molecular complexity index is 558. The Kier molecular flexibility index (Phi) is 6.34. The summed E-state index contributed by atoms with van der Waals surface area (Å²) in [7, 11) is 1.62. The van der Waals surface area contributed by atoms with Crippen LogP contribution in [0.25, 0.3) is 0 Å². The van der Waals surface area contributed by atoms with Gasteiger partial charge >= 0.3 is 12.6 Å². The molecule has 0 radical (unpaired) electrons. The fraction of sp³-hybridized carbons (Fsp3) is 0.500. The lowest BCUT2D eigenvalue weighted by molar-refractivity contribution is -0.125. The number of hydrogen-bond acceptors (Lipinski definition) is 3. The molecule has 1 fully saturated rings. The highest BCUT2D eigenvalue weighted by Crippen LogP contribution is 2.24. The first-order chi connectivity index (χ1) is 11.5. The van der Waals surface area contributed by atoms with Crippen molar-refractivity contribution in [3.8, 4) is 5.75 Å². The molecule has 0 atom stereocenters. The van der Waals surface area contributed by atoms with Crippen molar-refractivity contribution in [2.45, 2.75) is 38.3 Å². The average Bonchev–Trinajstić information content (AvgIpc) is 2.56. The summed E-state index contributed by atoms with van der Waals surface area (Å²) >= 11 is 0. The largest absolute Gasteiger partial charge is 0.435 e. The molecule has 2 rings (SSSR count). The number of anilines is 1. The zero-order valence-electron chi connectivity index (χ0n) is 13.4. The van der Waals surface area contributed by atoms with E-state index in [1.54, 1.807) is 7.05 Å². The second-order valence-electron chi connectivity index (χ2n) is 5.66. The monoisotopic (exact) mass is 341 g/mol. The van der Waals surface area contributed by atoms with Gasteiger partial charge < -0.3 is 20.7 Å². The van der Waals surface area contributed by atoms with E-state index in [-0.39, 0.29) is 29.6 Å². The number of rotatable bonds is 5. The third-order valence-electron chi connectivity index (χ3n) is 4.02. The molecule has 0 aliphatic heterocycles. The number of urea groups is 1. The quantitative estimate of drug-likeness (QED) is 0.770. The highest BCUT2D eigenvalue weighted by Gasteiger charge is 2.26. The van der Waals surface area contributed by atoms with Crippen molar-refractivity contribution in [1.29, 1.82) is 0 Å². The van der Waals surface area contributed by atoms with Gasteiger partial charge in [0.25, 0.3) is 0 Å². The number of alkyl halides is 2. The molecular formula is C16H21F2N3O3. The lowest BCUT2D eigenvalue weighted by Gasteiger charge is -2.28. The summed E-state index contributed by atoms with van der Waals surface area (Å²) in [4.78, 5) is 23.5. The van der Waals surface area contributed by atoms with Crippen molar-refractivity contribution in [1.82, 2.24) is 10.6 Å². The van der Waals surface area contributed by atoms with Gasteiger partial charge in [0.05, 0.1) is 0 Å². The van der Waals surface area contributed by atoms with Crippen molar-refractivity contribution in [2.24, 2.45) is 5.92 Å². The number of halogens is 2. The normalized spacial score (nSPS) is 20.3. The Morgan fingerprint density at radius 3 is 2.29 bits per heavy atom. The molecule has 132 valence electrons. The van der Waals surface area contributed by atoms with Gasteiger partial charge in [0.2, 0.25) is 5.91 Å². The molecule has 0 bridgehead atoms. The molecule has 1 aliphatic rings. The van der Waals surface area contributed by atoms with Gasteiger partial charge in [-0.05, 0) is 49.9 Å². The summed E-state index contributed by atoms with van der Waals surface area (Å²) in [5, 5.41) is 8.14. The van der Waals surface area contributed by atoms with Gasteiger partial charge in [0, 0.05) is 24.7 Å². The van der Waals surface area contributed by atoms with Crippen LogP contribution in [-0.2, 0) is 4.79 Å². The molecule has 0 saturated heterocycles. The Balaban J connectivity index is 1.76. The number of nitrogens with one attached hydrogen (secondary N) is 3. The molecule has 1 saturated carbocycles. The van der Waals surface area contributed by atoms with Gasteiger partial charge in [-0.3, -0.25) is 4.79 Å². The van der Waals surface area contributed by atoms with Gasteiger partial charge in [0.1, 0.15) is 5.75 Å². The molecule has 1 aromatic carbocycles. The summed E-state index contributed by atoms with van der Waals surface area (Å²) in [6.45, 7) is -2.88. The lowest BCUT2D eigenvalue weighted by Crippen LogP contribution is -2.42. The second kappa shape index (κ2) is 8.47. The molecule has 1 aromatic rings. The molecule has 0 spiro atoms. The number of carbonyl (C=O) groups is 2. The molecule has 0 unspecified atom stereocenters. The van der Waals surface area contributed by atoms with Crippen LogP contribution < -0.4 is 20.7 Å². The van der Waals surface area contributed by atoms with Crippen molar-refractivity contribution in [3.05, 3.63) is 24.3 Å². The third kappa shape index (κ3) is 5.36. The zero-order valence-corrected chi connectivity index (χ0v) is 13.4. The summed E-state index contributed by atoms with van der Waals surface area (Å²) in [6.07, 6.45) is 2.97. The molecule has 0 aromatic heterocycles. The second-order valence-corrected chi connectivity index (χ2v) is 5.66. The third-order valence-corrected chi connectivity index (χ3v) is 4.02. The maximum atomic E-state index is 12.1. The molecule has 24 heavy (non-hydrogen) atoms. The first-order valence-electron chi connectivity index (χ1n) is 7.82. The van der Waals surface area contributed by atoms with E-state index in [1.165, 1.54) is 24.3 Å². The van der Waals surface area contributed by atoms with Gasteiger partial charge in [0.15, 0.2) is 0 Å². The van der Waals surface area contributed by atoms with Crippen molar-refractivity contribution >= 4 is 17.6 Å². The molecule has 8 heteroatoms. The SMILES string of the molecule is CNC(=O)C1CCC(NC(=O)Nc2ccc(OC(F)F)cc2)CC1. The molecule has 0 heterocycles. The Morgan fingerprint density at radius 2 is 1.75 bits per heavy atom. The Hall–Kier alpha value is -2.38. The minimum atomic E-state index is -2.88. The van der Waals surface area contributed by atoms with Crippen molar-refractivity contribution in [2.75, 3.05) is 12.4 Å². The summed E-state index contributed by atoms with van der Waals surface area (Å²) in [5.41, 5.74) is 0.480. The fourth-order valence-corrected chi connectivity index (χ4v) is 2.78. The molecule has 1 aliphatic carbocycles. The van der Waals surface area contributed by atoms with E-state index in [4.69, 9.17) is 0 Å². The molecule has 3 amide bonds. The predicted molar refractivity (Wildman–Crippen MR) is 85.0 cm³/mol. The van der Waals surface area contributed by atoms with E-state index in [0.29, 0.717) is 5.69 Å². The van der Waals surface area contributed by atoms with E-state index in [9.17, 15) is 18.4 Å². The minimum Gasteiger partial charge on any atom is -0.435 e. The van der Waals surface area contributed by atoms with Crippen LogP contribution in [0, 0.1) is 5.92 Å². The van der Waals surface area contributed by atoms with Crippen LogP contribution in [0.15, 0.2) is 24.3 Å². The Labute approximate surface area is 138 Å². The maximum absolute atomic E-state index is 12.1. The molecule has 3 N–H and O–H groups in total. The van der Waals surface area contributed by atoms with Crippen molar-refractivity contribution in [3.63, 3.8) is 0 Å². The highest BCUT2D eigenvalue weighted by molar-refractivity contribution is 5.89. The van der Waals surface area contributed by atoms with Crippen LogP contribution in [0.2, 0.25) is 0 Å². The predicted octanol–water partition coefficient (Wildman–Crippen LogP) is 2.71.